The number of carbonyl (C=O) groups excluding carboxylic acids is 1. The van der Waals surface area contributed by atoms with Crippen LogP contribution in [0, 0.1) is 11.7 Å². The molecule has 0 aliphatic rings. The Hall–Kier alpha value is -2.98. The van der Waals surface area contributed by atoms with Crippen molar-refractivity contribution in [2.24, 2.45) is 0 Å². The van der Waals surface area contributed by atoms with Gasteiger partial charge in [0.15, 0.2) is 27.2 Å². The van der Waals surface area contributed by atoms with Gasteiger partial charge in [-0.05, 0) is 37.3 Å². The predicted molar refractivity (Wildman–Crippen MR) is 111 cm³/mol. The van der Waals surface area contributed by atoms with Crippen molar-refractivity contribution in [1.82, 2.24) is 19.7 Å². The number of benzene rings is 1. The molecular formula is C18H19N5O3S2. The summed E-state index contributed by atoms with van der Waals surface area (Å²) in [6.45, 7) is 6.12. The Balaban J connectivity index is 1.87. The molecule has 0 aliphatic heterocycles. The summed E-state index contributed by atoms with van der Waals surface area (Å²) in [7, 11) is 3.06. The lowest BCUT2D eigenvalue weighted by atomic mass is 10.2. The highest BCUT2D eigenvalue weighted by Crippen LogP contribution is 2.32. The molecule has 2 aromatic heterocycles. The third-order valence-electron chi connectivity index (χ3n) is 3.94. The Bertz CT molecular complexity index is 1080. The molecule has 0 saturated carbocycles. The van der Waals surface area contributed by atoms with Crippen molar-refractivity contribution >= 4 is 34.6 Å². The van der Waals surface area contributed by atoms with Gasteiger partial charge in [-0.2, -0.15) is 5.10 Å². The van der Waals surface area contributed by atoms with Gasteiger partial charge < -0.3 is 9.47 Å². The van der Waals surface area contributed by atoms with Gasteiger partial charge in [-0.3, -0.25) is 19.8 Å². The molecule has 0 aliphatic carbocycles. The minimum absolute atomic E-state index is 0.300. The van der Waals surface area contributed by atoms with Crippen LogP contribution in [-0.2, 0) is 6.54 Å². The lowest BCUT2D eigenvalue weighted by Crippen LogP contribution is -2.11. The lowest BCUT2D eigenvalue weighted by molar-refractivity contribution is 0.102. The average molecular weight is 418 g/mol. The van der Waals surface area contributed by atoms with Gasteiger partial charge in [0, 0.05) is 12.1 Å². The minimum Gasteiger partial charge on any atom is -0.493 e. The van der Waals surface area contributed by atoms with E-state index in [-0.39, 0.29) is 5.91 Å². The number of allylic oxidation sites excluding steroid dienone is 1. The summed E-state index contributed by atoms with van der Waals surface area (Å²) < 4.78 is 12.8. The van der Waals surface area contributed by atoms with Crippen LogP contribution < -0.4 is 14.8 Å². The molecule has 1 amide bonds. The third kappa shape index (κ3) is 3.82. The number of hydrogen-bond acceptors (Lipinski definition) is 7. The zero-order valence-corrected chi connectivity index (χ0v) is 17.2. The van der Waals surface area contributed by atoms with E-state index in [4.69, 9.17) is 21.7 Å². The van der Waals surface area contributed by atoms with E-state index >= 15 is 0 Å². The molecule has 0 spiro atoms. The second-order valence-corrected chi connectivity index (χ2v) is 7.09. The highest BCUT2D eigenvalue weighted by Gasteiger charge is 2.18. The highest BCUT2D eigenvalue weighted by atomic mass is 32.1. The van der Waals surface area contributed by atoms with E-state index in [0.717, 1.165) is 10.6 Å². The van der Waals surface area contributed by atoms with Crippen LogP contribution in [0.5, 0.6) is 11.5 Å². The van der Waals surface area contributed by atoms with E-state index in [0.29, 0.717) is 39.3 Å². The van der Waals surface area contributed by atoms with Crippen LogP contribution in [0.1, 0.15) is 16.1 Å². The van der Waals surface area contributed by atoms with Gasteiger partial charge in [-0.15, -0.1) is 6.58 Å². The average Bonchev–Trinajstić information content (AvgIpc) is 3.23. The number of H-pyrrole nitrogens is 1. The first-order valence-electron chi connectivity index (χ1n) is 8.25. The number of thiazole rings is 1. The molecule has 0 atom stereocenters. The van der Waals surface area contributed by atoms with Crippen LogP contribution in [0.2, 0.25) is 0 Å². The van der Waals surface area contributed by atoms with Crippen molar-refractivity contribution < 1.29 is 14.3 Å². The number of ether oxygens (including phenoxy) is 2. The number of aryl methyl sites for hydroxylation is 1. The molecule has 2 heterocycles. The third-order valence-corrected chi connectivity index (χ3v) is 5.32. The molecule has 8 nitrogen and oxygen atoms in total. The van der Waals surface area contributed by atoms with E-state index < -0.39 is 0 Å². The fourth-order valence-corrected chi connectivity index (χ4v) is 3.76. The number of nitrogens with zero attached hydrogens (tertiary/aromatic N) is 3. The Morgan fingerprint density at radius 3 is 2.82 bits per heavy atom. The summed E-state index contributed by atoms with van der Waals surface area (Å²) >= 11 is 6.58. The van der Waals surface area contributed by atoms with Crippen LogP contribution in [0.3, 0.4) is 0 Å². The van der Waals surface area contributed by atoms with Gasteiger partial charge >= 0.3 is 0 Å². The number of methoxy groups -OCH3 is 2. The summed E-state index contributed by atoms with van der Waals surface area (Å²) in [4.78, 5) is 17.9. The summed E-state index contributed by atoms with van der Waals surface area (Å²) in [5.41, 5.74) is 1.17. The number of rotatable bonds is 7. The lowest BCUT2D eigenvalue weighted by Gasteiger charge is -2.09. The van der Waals surface area contributed by atoms with Crippen molar-refractivity contribution in [3.05, 3.63) is 46.9 Å². The Morgan fingerprint density at radius 2 is 2.14 bits per heavy atom. The largest absolute Gasteiger partial charge is 0.493 e. The van der Waals surface area contributed by atoms with Crippen LogP contribution in [0.25, 0.3) is 10.7 Å². The predicted octanol–water partition coefficient (Wildman–Crippen LogP) is 3.83. The van der Waals surface area contributed by atoms with Gasteiger partial charge in [0.25, 0.3) is 5.91 Å². The van der Waals surface area contributed by atoms with Gasteiger partial charge in [0.05, 0.1) is 24.8 Å². The van der Waals surface area contributed by atoms with E-state index in [1.54, 1.807) is 31.4 Å². The molecule has 3 aromatic rings. The fourth-order valence-electron chi connectivity index (χ4n) is 2.59. The maximum absolute atomic E-state index is 12.6. The molecule has 10 heteroatoms. The maximum Gasteiger partial charge on any atom is 0.257 e. The highest BCUT2D eigenvalue weighted by molar-refractivity contribution is 7.71. The number of amides is 1. The van der Waals surface area contributed by atoms with Gasteiger partial charge in [-0.1, -0.05) is 17.4 Å². The van der Waals surface area contributed by atoms with E-state index in [9.17, 15) is 4.79 Å². The first-order valence-corrected chi connectivity index (χ1v) is 9.48. The molecule has 2 N–H and O–H groups in total. The monoisotopic (exact) mass is 417 g/mol. The van der Waals surface area contributed by atoms with Crippen LogP contribution in [0.15, 0.2) is 30.9 Å². The van der Waals surface area contributed by atoms with Crippen molar-refractivity contribution in [2.45, 2.75) is 13.5 Å². The molecule has 0 unspecified atom stereocenters. The quantitative estimate of drug-likeness (QED) is 0.448. The van der Waals surface area contributed by atoms with Gasteiger partial charge in [-0.25, -0.2) is 4.98 Å². The van der Waals surface area contributed by atoms with Crippen molar-refractivity contribution in [3.63, 3.8) is 0 Å². The van der Waals surface area contributed by atoms with Crippen LogP contribution >= 0.6 is 23.6 Å². The summed E-state index contributed by atoms with van der Waals surface area (Å²) in [6, 6.07) is 4.96. The van der Waals surface area contributed by atoms with Crippen LogP contribution in [-0.4, -0.2) is 39.9 Å². The van der Waals surface area contributed by atoms with E-state index in [1.165, 1.54) is 18.4 Å². The SMILES string of the molecule is C=CCn1c(-c2sc(NC(=O)c3ccc(OC)c(OC)c3)nc2C)n[nH]c1=S. The molecule has 0 fully saturated rings. The first kappa shape index (κ1) is 19.8. The van der Waals surface area contributed by atoms with Crippen LogP contribution in [0.4, 0.5) is 5.13 Å². The number of carbonyl (C=O) groups is 1. The number of aromatic nitrogens is 4. The molecule has 1 aromatic carbocycles. The van der Waals surface area contributed by atoms with Crippen molar-refractivity contribution in [2.75, 3.05) is 19.5 Å². The molecule has 146 valence electrons. The van der Waals surface area contributed by atoms with E-state index in [2.05, 4.69) is 27.1 Å². The van der Waals surface area contributed by atoms with Gasteiger partial charge in [0.1, 0.15) is 0 Å². The standard InChI is InChI=1S/C18H19N5O3S2/c1-5-8-23-15(21-22-18(23)27)14-10(2)19-17(28-14)20-16(24)11-6-7-12(25-3)13(9-11)26-4/h5-7,9H,1,8H2,2-4H3,(H,22,27)(H,19,20,24). The fraction of sp³-hybridized carbons (Fsp3) is 0.222. The second-order valence-electron chi connectivity index (χ2n) is 5.71. The van der Waals surface area contributed by atoms with E-state index in [1.807, 2.05) is 11.5 Å². The molecule has 0 radical (unpaired) electrons. The number of aromatic amines is 1. The number of anilines is 1. The summed E-state index contributed by atoms with van der Waals surface area (Å²) in [6.07, 6.45) is 1.74. The summed E-state index contributed by atoms with van der Waals surface area (Å²) in [5, 5.41) is 10.3. The Labute approximate surface area is 170 Å². The Kier molecular flexibility index (Phi) is 5.90. The van der Waals surface area contributed by atoms with Crippen molar-refractivity contribution in [1.29, 1.82) is 0 Å². The molecule has 3 rings (SSSR count). The molecule has 0 saturated heterocycles. The smallest absolute Gasteiger partial charge is 0.257 e. The normalized spacial score (nSPS) is 10.5. The molecule has 28 heavy (non-hydrogen) atoms. The molecule has 0 bridgehead atoms. The second kappa shape index (κ2) is 8.36. The zero-order valence-electron chi connectivity index (χ0n) is 15.6. The van der Waals surface area contributed by atoms with Gasteiger partial charge in [0.2, 0.25) is 0 Å². The maximum atomic E-state index is 12.6. The topological polar surface area (TPSA) is 94.1 Å². The zero-order chi connectivity index (χ0) is 20.3. The molecular weight excluding hydrogens is 398 g/mol. The first-order chi connectivity index (χ1) is 13.5. The number of hydrogen-bond donors (Lipinski definition) is 2. The summed E-state index contributed by atoms with van der Waals surface area (Å²) in [5.74, 6) is 1.39. The minimum atomic E-state index is -0.300. The number of nitrogens with one attached hydrogen (secondary N) is 2. The Morgan fingerprint density at radius 1 is 1.39 bits per heavy atom. The van der Waals surface area contributed by atoms with Crippen molar-refractivity contribution in [3.8, 4) is 22.2 Å².